The standard InChI is InChI=1S/C25H36N2O5/c1-6-31-23(28)19-11-13-26(14-12-19)22-17-20(30-5)7-8-21(22)18-9-15-27(16-10-18)24(29)32-25(2,3)4/h7-9,17,19H,6,10-16H2,1-5H3. The summed E-state index contributed by atoms with van der Waals surface area (Å²) in [5, 5.41) is 0. The van der Waals surface area contributed by atoms with Gasteiger partial charge in [-0.2, -0.15) is 0 Å². The number of benzene rings is 1. The molecular formula is C25H36N2O5. The lowest BCUT2D eigenvalue weighted by atomic mass is 9.93. The zero-order valence-corrected chi connectivity index (χ0v) is 20.0. The number of methoxy groups -OCH3 is 1. The van der Waals surface area contributed by atoms with Gasteiger partial charge in [0.25, 0.3) is 0 Å². The third-order valence-corrected chi connectivity index (χ3v) is 5.87. The van der Waals surface area contributed by atoms with E-state index in [1.54, 1.807) is 12.0 Å². The van der Waals surface area contributed by atoms with Crippen molar-refractivity contribution in [1.82, 2.24) is 4.90 Å². The smallest absolute Gasteiger partial charge is 0.410 e. The summed E-state index contributed by atoms with van der Waals surface area (Å²) in [6.45, 7) is 10.6. The number of amides is 1. The van der Waals surface area contributed by atoms with Crippen molar-refractivity contribution in [3.05, 3.63) is 29.8 Å². The molecule has 1 amide bonds. The Hall–Kier alpha value is -2.70. The molecule has 1 saturated heterocycles. The largest absolute Gasteiger partial charge is 0.497 e. The van der Waals surface area contributed by atoms with E-state index in [2.05, 4.69) is 23.1 Å². The predicted octanol–water partition coefficient (Wildman–Crippen LogP) is 4.50. The van der Waals surface area contributed by atoms with Crippen LogP contribution in [0.2, 0.25) is 0 Å². The van der Waals surface area contributed by atoms with Gasteiger partial charge < -0.3 is 24.0 Å². The average molecular weight is 445 g/mol. The Bertz CT molecular complexity index is 850. The first-order chi connectivity index (χ1) is 15.2. The molecule has 1 aromatic carbocycles. The molecule has 2 heterocycles. The van der Waals surface area contributed by atoms with E-state index in [9.17, 15) is 9.59 Å². The Morgan fingerprint density at radius 2 is 1.84 bits per heavy atom. The van der Waals surface area contributed by atoms with Crippen LogP contribution >= 0.6 is 0 Å². The van der Waals surface area contributed by atoms with Crippen molar-refractivity contribution in [2.45, 2.75) is 52.6 Å². The zero-order valence-electron chi connectivity index (χ0n) is 20.0. The number of nitrogens with zero attached hydrogens (tertiary/aromatic N) is 2. The summed E-state index contributed by atoms with van der Waals surface area (Å²) in [5.74, 6) is 0.690. The van der Waals surface area contributed by atoms with Gasteiger partial charge in [-0.1, -0.05) is 6.08 Å². The highest BCUT2D eigenvalue weighted by molar-refractivity contribution is 5.80. The highest BCUT2D eigenvalue weighted by atomic mass is 16.6. The van der Waals surface area contributed by atoms with Gasteiger partial charge >= 0.3 is 12.1 Å². The number of hydrogen-bond donors (Lipinski definition) is 0. The van der Waals surface area contributed by atoms with Crippen LogP contribution < -0.4 is 9.64 Å². The minimum Gasteiger partial charge on any atom is -0.497 e. The Kier molecular flexibility index (Phi) is 7.69. The molecule has 7 nitrogen and oxygen atoms in total. The SMILES string of the molecule is CCOC(=O)C1CCN(c2cc(OC)ccc2C2=CCN(C(=O)OC(C)(C)C)CC2)CC1. The van der Waals surface area contributed by atoms with Gasteiger partial charge in [-0.25, -0.2) is 4.79 Å². The second-order valence-corrected chi connectivity index (χ2v) is 9.30. The molecule has 7 heteroatoms. The summed E-state index contributed by atoms with van der Waals surface area (Å²) in [6.07, 6.45) is 4.16. The summed E-state index contributed by atoms with van der Waals surface area (Å²) in [4.78, 5) is 28.6. The molecule has 2 aliphatic heterocycles. The molecule has 0 atom stereocenters. The first-order valence-electron chi connectivity index (χ1n) is 11.5. The lowest BCUT2D eigenvalue weighted by Gasteiger charge is -2.35. The van der Waals surface area contributed by atoms with E-state index in [-0.39, 0.29) is 18.0 Å². The molecule has 1 aromatic rings. The molecule has 0 N–H and O–H groups in total. The third kappa shape index (κ3) is 5.96. The number of carbonyl (C=O) groups excluding carboxylic acids is 2. The maximum Gasteiger partial charge on any atom is 0.410 e. The summed E-state index contributed by atoms with van der Waals surface area (Å²) >= 11 is 0. The van der Waals surface area contributed by atoms with E-state index in [4.69, 9.17) is 14.2 Å². The minimum atomic E-state index is -0.500. The van der Waals surface area contributed by atoms with Crippen LogP contribution in [0.1, 0.15) is 52.5 Å². The van der Waals surface area contributed by atoms with Gasteiger partial charge in [0.05, 0.1) is 19.6 Å². The lowest BCUT2D eigenvalue weighted by molar-refractivity contribution is -0.148. The topological polar surface area (TPSA) is 68.3 Å². The molecule has 1 fully saturated rings. The number of anilines is 1. The van der Waals surface area contributed by atoms with E-state index in [1.165, 1.54) is 5.57 Å². The first kappa shape index (κ1) is 24.0. The third-order valence-electron chi connectivity index (χ3n) is 5.87. The zero-order chi connectivity index (χ0) is 23.3. The van der Waals surface area contributed by atoms with Gasteiger partial charge in [-0.3, -0.25) is 4.79 Å². The lowest BCUT2D eigenvalue weighted by Crippen LogP contribution is -2.39. The van der Waals surface area contributed by atoms with E-state index in [1.807, 2.05) is 33.8 Å². The van der Waals surface area contributed by atoms with E-state index in [0.29, 0.717) is 19.7 Å². The van der Waals surface area contributed by atoms with Gasteiger partial charge in [0.1, 0.15) is 11.4 Å². The van der Waals surface area contributed by atoms with Gasteiger partial charge in [0.2, 0.25) is 0 Å². The van der Waals surface area contributed by atoms with Crippen LogP contribution in [0.5, 0.6) is 5.75 Å². The molecule has 0 radical (unpaired) electrons. The Morgan fingerprint density at radius 3 is 2.41 bits per heavy atom. The number of piperidine rings is 1. The summed E-state index contributed by atoms with van der Waals surface area (Å²) in [7, 11) is 1.67. The Labute approximate surface area is 191 Å². The number of carbonyl (C=O) groups is 2. The van der Waals surface area contributed by atoms with Crippen molar-refractivity contribution < 1.29 is 23.8 Å². The number of rotatable bonds is 5. The molecule has 0 aromatic heterocycles. The fourth-order valence-corrected chi connectivity index (χ4v) is 4.19. The fourth-order valence-electron chi connectivity index (χ4n) is 4.19. The molecule has 0 bridgehead atoms. The predicted molar refractivity (Wildman–Crippen MR) is 125 cm³/mol. The molecular weight excluding hydrogens is 408 g/mol. The van der Waals surface area contributed by atoms with Crippen molar-refractivity contribution in [3.8, 4) is 5.75 Å². The summed E-state index contributed by atoms with van der Waals surface area (Å²) in [6, 6.07) is 6.15. The first-order valence-corrected chi connectivity index (χ1v) is 11.5. The Balaban J connectivity index is 1.75. The average Bonchev–Trinajstić information content (AvgIpc) is 2.78. The molecule has 176 valence electrons. The number of ether oxygens (including phenoxy) is 3. The highest BCUT2D eigenvalue weighted by Gasteiger charge is 2.29. The van der Waals surface area contributed by atoms with E-state index < -0.39 is 5.60 Å². The van der Waals surface area contributed by atoms with Crippen LogP contribution in [0, 0.1) is 5.92 Å². The second kappa shape index (κ2) is 10.3. The van der Waals surface area contributed by atoms with Crippen LogP contribution in [-0.2, 0) is 14.3 Å². The van der Waals surface area contributed by atoms with Gasteiger partial charge in [-0.15, -0.1) is 0 Å². The number of hydrogen-bond acceptors (Lipinski definition) is 6. The summed E-state index contributed by atoms with van der Waals surface area (Å²) < 4.78 is 16.2. The van der Waals surface area contributed by atoms with Crippen molar-refractivity contribution in [1.29, 1.82) is 0 Å². The van der Waals surface area contributed by atoms with Gasteiger partial charge in [0.15, 0.2) is 0 Å². The molecule has 0 aliphatic carbocycles. The van der Waals surface area contributed by atoms with Crippen LogP contribution in [-0.4, -0.2) is 62.5 Å². The Morgan fingerprint density at radius 1 is 1.12 bits per heavy atom. The van der Waals surface area contributed by atoms with Crippen LogP contribution in [0.15, 0.2) is 24.3 Å². The van der Waals surface area contributed by atoms with Gasteiger partial charge in [-0.05, 0) is 64.7 Å². The quantitative estimate of drug-likeness (QED) is 0.623. The van der Waals surface area contributed by atoms with Crippen molar-refractivity contribution in [3.63, 3.8) is 0 Å². The van der Waals surface area contributed by atoms with Crippen molar-refractivity contribution in [2.75, 3.05) is 44.8 Å². The molecule has 32 heavy (non-hydrogen) atoms. The molecule has 0 unspecified atom stereocenters. The number of esters is 1. The second-order valence-electron chi connectivity index (χ2n) is 9.30. The van der Waals surface area contributed by atoms with Crippen LogP contribution in [0.25, 0.3) is 5.57 Å². The maximum atomic E-state index is 12.4. The van der Waals surface area contributed by atoms with E-state index >= 15 is 0 Å². The summed E-state index contributed by atoms with van der Waals surface area (Å²) in [5.41, 5.74) is 2.99. The molecule has 0 spiro atoms. The molecule has 0 saturated carbocycles. The highest BCUT2D eigenvalue weighted by Crippen LogP contribution is 2.36. The fraction of sp³-hybridized carbons (Fsp3) is 0.600. The van der Waals surface area contributed by atoms with Crippen LogP contribution in [0.4, 0.5) is 10.5 Å². The monoisotopic (exact) mass is 444 g/mol. The molecule has 2 aliphatic rings. The van der Waals surface area contributed by atoms with Crippen molar-refractivity contribution in [2.24, 2.45) is 5.92 Å². The normalized spacial score (nSPS) is 17.6. The minimum absolute atomic E-state index is 0.0310. The molecule has 3 rings (SSSR count). The maximum absolute atomic E-state index is 12.4. The van der Waals surface area contributed by atoms with Crippen molar-refractivity contribution >= 4 is 23.3 Å². The van der Waals surface area contributed by atoms with E-state index in [0.717, 1.165) is 49.4 Å². The van der Waals surface area contributed by atoms with Crippen LogP contribution in [0.3, 0.4) is 0 Å². The van der Waals surface area contributed by atoms with Gasteiger partial charge in [0, 0.05) is 43.5 Å².